The van der Waals surface area contributed by atoms with Crippen LogP contribution in [-0.4, -0.2) is 4.92 Å². The minimum Gasteiger partial charge on any atom is -0.368 e. The van der Waals surface area contributed by atoms with E-state index in [0.29, 0.717) is 6.61 Å². The number of nitro benzene ring substituents is 1. The van der Waals surface area contributed by atoms with Gasteiger partial charge in [0.15, 0.2) is 0 Å². The van der Waals surface area contributed by atoms with Crippen LogP contribution in [-0.2, 0) is 17.8 Å². The maximum Gasteiger partial charge on any atom is 0.269 e. The molecule has 0 bridgehead atoms. The number of fused-ring (bicyclic) bond motifs is 1. The van der Waals surface area contributed by atoms with E-state index in [0.717, 1.165) is 12.0 Å². The van der Waals surface area contributed by atoms with Crippen LogP contribution in [0.4, 0.5) is 5.69 Å². The van der Waals surface area contributed by atoms with Crippen molar-refractivity contribution in [3.63, 3.8) is 0 Å². The fourth-order valence-corrected chi connectivity index (χ4v) is 2.37. The number of nitro groups is 1. The summed E-state index contributed by atoms with van der Waals surface area (Å²) in [4.78, 5) is 10.2. The second-order valence-corrected chi connectivity index (χ2v) is 4.62. The lowest BCUT2D eigenvalue weighted by molar-refractivity contribution is -0.384. The van der Waals surface area contributed by atoms with E-state index in [4.69, 9.17) is 4.74 Å². The van der Waals surface area contributed by atoms with Crippen LogP contribution >= 0.6 is 0 Å². The van der Waals surface area contributed by atoms with E-state index >= 15 is 0 Å². The van der Waals surface area contributed by atoms with E-state index in [-0.39, 0.29) is 16.7 Å². The number of hydrogen-bond acceptors (Lipinski definition) is 3. The van der Waals surface area contributed by atoms with Gasteiger partial charge in [-0.1, -0.05) is 24.3 Å². The molecule has 4 nitrogen and oxygen atoms in total. The van der Waals surface area contributed by atoms with Gasteiger partial charge in [-0.3, -0.25) is 10.1 Å². The minimum atomic E-state index is -0.388. The van der Waals surface area contributed by atoms with Crippen LogP contribution in [0.2, 0.25) is 0 Å². The first-order valence-corrected chi connectivity index (χ1v) is 6.17. The van der Waals surface area contributed by atoms with E-state index in [1.54, 1.807) is 12.1 Å². The largest absolute Gasteiger partial charge is 0.368 e. The first kappa shape index (κ1) is 11.9. The van der Waals surface area contributed by atoms with Crippen LogP contribution < -0.4 is 0 Å². The van der Waals surface area contributed by atoms with Crippen molar-refractivity contribution in [2.45, 2.75) is 19.1 Å². The quantitative estimate of drug-likeness (QED) is 0.610. The number of ether oxygens (including phenoxy) is 1. The maximum absolute atomic E-state index is 10.6. The van der Waals surface area contributed by atoms with Crippen LogP contribution in [0.3, 0.4) is 0 Å². The Balaban J connectivity index is 1.83. The molecule has 0 saturated heterocycles. The Bertz CT molecular complexity index is 607. The molecule has 0 saturated carbocycles. The molecule has 0 aliphatic carbocycles. The molecule has 1 unspecified atom stereocenters. The third kappa shape index (κ3) is 2.35. The monoisotopic (exact) mass is 255 g/mol. The van der Waals surface area contributed by atoms with Crippen LogP contribution in [0.25, 0.3) is 0 Å². The van der Waals surface area contributed by atoms with Crippen molar-refractivity contribution in [3.8, 4) is 0 Å². The Hall–Kier alpha value is -2.20. The van der Waals surface area contributed by atoms with Gasteiger partial charge < -0.3 is 4.74 Å². The molecule has 19 heavy (non-hydrogen) atoms. The van der Waals surface area contributed by atoms with Gasteiger partial charge in [0.2, 0.25) is 0 Å². The second-order valence-electron chi connectivity index (χ2n) is 4.62. The number of rotatable bonds is 2. The summed E-state index contributed by atoms with van der Waals surface area (Å²) in [7, 11) is 0. The van der Waals surface area contributed by atoms with Crippen molar-refractivity contribution in [3.05, 3.63) is 75.3 Å². The summed E-state index contributed by atoms with van der Waals surface area (Å²) in [6.45, 7) is 0.595. The van der Waals surface area contributed by atoms with Crippen molar-refractivity contribution in [2.75, 3.05) is 0 Å². The highest BCUT2D eigenvalue weighted by molar-refractivity contribution is 5.36. The summed E-state index contributed by atoms with van der Waals surface area (Å²) < 4.78 is 5.82. The molecule has 4 heteroatoms. The summed E-state index contributed by atoms with van der Waals surface area (Å²) in [5.74, 6) is 0. The van der Waals surface area contributed by atoms with Gasteiger partial charge in [-0.05, 0) is 28.8 Å². The number of non-ortho nitro benzene ring substituents is 1. The first-order chi connectivity index (χ1) is 9.24. The van der Waals surface area contributed by atoms with Crippen LogP contribution in [0.15, 0.2) is 48.5 Å². The SMILES string of the molecule is O=[N+]([O-])c1ccc(C2Cc3ccccc3CO2)cc1. The van der Waals surface area contributed by atoms with Gasteiger partial charge in [0.25, 0.3) is 5.69 Å². The van der Waals surface area contributed by atoms with E-state index < -0.39 is 0 Å². The molecule has 1 atom stereocenters. The molecular weight excluding hydrogens is 242 g/mol. The molecule has 3 rings (SSSR count). The van der Waals surface area contributed by atoms with Crippen LogP contribution in [0, 0.1) is 10.1 Å². The highest BCUT2D eigenvalue weighted by Gasteiger charge is 2.20. The molecule has 0 fully saturated rings. The molecule has 0 radical (unpaired) electrons. The van der Waals surface area contributed by atoms with Crippen LogP contribution in [0.5, 0.6) is 0 Å². The first-order valence-electron chi connectivity index (χ1n) is 6.17. The summed E-state index contributed by atoms with van der Waals surface area (Å²) in [6.07, 6.45) is 0.796. The predicted molar refractivity (Wildman–Crippen MR) is 70.8 cm³/mol. The smallest absolute Gasteiger partial charge is 0.269 e. The zero-order chi connectivity index (χ0) is 13.2. The van der Waals surface area contributed by atoms with Gasteiger partial charge in [-0.25, -0.2) is 0 Å². The second kappa shape index (κ2) is 4.82. The fraction of sp³-hybridized carbons (Fsp3) is 0.200. The zero-order valence-electron chi connectivity index (χ0n) is 10.3. The van der Waals surface area contributed by atoms with Crippen molar-refractivity contribution in [2.24, 2.45) is 0 Å². The Morgan fingerprint density at radius 1 is 1.05 bits per heavy atom. The lowest BCUT2D eigenvalue weighted by atomic mass is 9.95. The van der Waals surface area contributed by atoms with E-state index in [2.05, 4.69) is 12.1 Å². The Morgan fingerprint density at radius 3 is 2.42 bits per heavy atom. The molecule has 1 heterocycles. The maximum atomic E-state index is 10.6. The topological polar surface area (TPSA) is 52.4 Å². The number of nitrogens with zero attached hydrogens (tertiary/aromatic N) is 1. The summed E-state index contributed by atoms with van der Waals surface area (Å²) in [5, 5.41) is 10.6. The molecule has 0 amide bonds. The summed E-state index contributed by atoms with van der Waals surface area (Å²) in [5.41, 5.74) is 3.61. The molecule has 96 valence electrons. The van der Waals surface area contributed by atoms with Crippen molar-refractivity contribution in [1.29, 1.82) is 0 Å². The molecular formula is C15H13NO3. The molecule has 1 aliphatic heterocycles. The fourth-order valence-electron chi connectivity index (χ4n) is 2.37. The summed E-state index contributed by atoms with van der Waals surface area (Å²) >= 11 is 0. The zero-order valence-corrected chi connectivity index (χ0v) is 10.3. The Labute approximate surface area is 110 Å². The van der Waals surface area contributed by atoms with Crippen molar-refractivity contribution >= 4 is 5.69 Å². The molecule has 0 N–H and O–H groups in total. The molecule has 0 aromatic heterocycles. The third-order valence-corrected chi connectivity index (χ3v) is 3.44. The van der Waals surface area contributed by atoms with Gasteiger partial charge in [0.1, 0.15) is 0 Å². The minimum absolute atomic E-state index is 0.0179. The van der Waals surface area contributed by atoms with Gasteiger partial charge in [0, 0.05) is 18.6 Å². The average molecular weight is 255 g/mol. The van der Waals surface area contributed by atoms with E-state index in [1.165, 1.54) is 23.3 Å². The Morgan fingerprint density at radius 2 is 1.74 bits per heavy atom. The van der Waals surface area contributed by atoms with Gasteiger partial charge >= 0.3 is 0 Å². The average Bonchev–Trinajstić information content (AvgIpc) is 2.47. The Kier molecular flexibility index (Phi) is 3.01. The number of benzene rings is 2. The normalized spacial score (nSPS) is 17.8. The lowest BCUT2D eigenvalue weighted by Gasteiger charge is -2.25. The van der Waals surface area contributed by atoms with Crippen molar-refractivity contribution in [1.82, 2.24) is 0 Å². The molecule has 2 aromatic carbocycles. The summed E-state index contributed by atoms with van der Waals surface area (Å²) in [6, 6.07) is 14.8. The highest BCUT2D eigenvalue weighted by atomic mass is 16.6. The molecule has 2 aromatic rings. The predicted octanol–water partition coefficient (Wildman–Crippen LogP) is 3.41. The van der Waals surface area contributed by atoms with Gasteiger partial charge in [0.05, 0.1) is 17.6 Å². The molecule has 1 aliphatic rings. The number of hydrogen-bond donors (Lipinski definition) is 0. The van der Waals surface area contributed by atoms with E-state index in [1.807, 2.05) is 12.1 Å². The standard InChI is InChI=1S/C15H13NO3/c17-16(18)14-7-5-11(6-8-14)15-9-12-3-1-2-4-13(12)10-19-15/h1-8,15H,9-10H2. The van der Waals surface area contributed by atoms with Crippen molar-refractivity contribution < 1.29 is 9.66 Å². The van der Waals surface area contributed by atoms with Gasteiger partial charge in [-0.2, -0.15) is 0 Å². The van der Waals surface area contributed by atoms with E-state index in [9.17, 15) is 10.1 Å². The highest BCUT2D eigenvalue weighted by Crippen LogP contribution is 2.30. The molecule has 0 spiro atoms. The lowest BCUT2D eigenvalue weighted by Crippen LogP contribution is -2.15. The van der Waals surface area contributed by atoms with Gasteiger partial charge in [-0.15, -0.1) is 0 Å². The van der Waals surface area contributed by atoms with Crippen LogP contribution in [0.1, 0.15) is 22.8 Å². The third-order valence-electron chi connectivity index (χ3n) is 3.44.